The van der Waals surface area contributed by atoms with Crippen molar-refractivity contribution < 1.29 is 9.90 Å². The highest BCUT2D eigenvalue weighted by atomic mass is 16.4. The number of allylic oxidation sites excluding steroid dienone is 2. The van der Waals surface area contributed by atoms with Gasteiger partial charge in [-0.3, -0.25) is 0 Å². The molecule has 0 aromatic carbocycles. The lowest BCUT2D eigenvalue weighted by Crippen LogP contribution is -2.06. The minimum Gasteiger partial charge on any atom is -0.478 e. The van der Waals surface area contributed by atoms with Crippen molar-refractivity contribution in [1.29, 1.82) is 0 Å². The standard InChI is InChI=1S/C9H12O2/c1-6-3-7(2)5-8(4-6)9(10)11/h4-6H,3H2,1-2H3,(H,10,11). The largest absolute Gasteiger partial charge is 0.478 e. The Morgan fingerprint density at radius 1 is 1.73 bits per heavy atom. The molecule has 2 heteroatoms. The van der Waals surface area contributed by atoms with Crippen LogP contribution in [0.1, 0.15) is 20.3 Å². The van der Waals surface area contributed by atoms with Crippen molar-refractivity contribution in [3.8, 4) is 0 Å². The van der Waals surface area contributed by atoms with Crippen LogP contribution in [0.2, 0.25) is 0 Å². The molecular formula is C9H12O2. The topological polar surface area (TPSA) is 37.3 Å². The molecule has 0 heterocycles. The summed E-state index contributed by atoms with van der Waals surface area (Å²) in [6.07, 6.45) is 4.52. The Morgan fingerprint density at radius 2 is 2.36 bits per heavy atom. The smallest absolute Gasteiger partial charge is 0.335 e. The van der Waals surface area contributed by atoms with E-state index >= 15 is 0 Å². The summed E-state index contributed by atoms with van der Waals surface area (Å²) in [7, 11) is 0. The highest BCUT2D eigenvalue weighted by molar-refractivity contribution is 5.90. The molecule has 0 aliphatic heterocycles. The Bertz CT molecular complexity index is 236. The molecule has 0 aromatic heterocycles. The van der Waals surface area contributed by atoms with Gasteiger partial charge in [0.25, 0.3) is 0 Å². The lowest BCUT2D eigenvalue weighted by molar-refractivity contribution is -0.132. The van der Waals surface area contributed by atoms with Gasteiger partial charge in [-0.25, -0.2) is 4.79 Å². The van der Waals surface area contributed by atoms with Gasteiger partial charge < -0.3 is 5.11 Å². The minimum absolute atomic E-state index is 0.367. The molecule has 0 amide bonds. The first-order chi connectivity index (χ1) is 5.09. The Kier molecular flexibility index (Phi) is 2.13. The predicted octanol–water partition coefficient (Wildman–Crippen LogP) is 1.98. The van der Waals surface area contributed by atoms with Crippen molar-refractivity contribution in [3.05, 3.63) is 23.3 Å². The first-order valence-electron chi connectivity index (χ1n) is 3.72. The van der Waals surface area contributed by atoms with Crippen LogP contribution in [0.15, 0.2) is 23.3 Å². The number of rotatable bonds is 1. The molecule has 0 saturated carbocycles. The van der Waals surface area contributed by atoms with Crippen LogP contribution in [0, 0.1) is 5.92 Å². The number of carboxylic acid groups (broad SMARTS) is 1. The minimum atomic E-state index is -0.823. The van der Waals surface area contributed by atoms with Gasteiger partial charge in [0.15, 0.2) is 0 Å². The molecule has 1 atom stereocenters. The van der Waals surface area contributed by atoms with Gasteiger partial charge in [0.05, 0.1) is 5.57 Å². The van der Waals surface area contributed by atoms with Crippen LogP contribution in [-0.4, -0.2) is 11.1 Å². The van der Waals surface area contributed by atoms with Crippen LogP contribution in [0.4, 0.5) is 0 Å². The second-order valence-corrected chi connectivity index (χ2v) is 3.10. The van der Waals surface area contributed by atoms with E-state index in [2.05, 4.69) is 0 Å². The molecule has 60 valence electrons. The number of hydrogen-bond donors (Lipinski definition) is 1. The molecule has 2 nitrogen and oxygen atoms in total. The molecule has 11 heavy (non-hydrogen) atoms. The lowest BCUT2D eigenvalue weighted by atomic mass is 9.93. The summed E-state index contributed by atoms with van der Waals surface area (Å²) in [5, 5.41) is 8.66. The molecule has 1 unspecified atom stereocenters. The Hall–Kier alpha value is -1.05. The van der Waals surface area contributed by atoms with E-state index in [1.165, 1.54) is 0 Å². The third kappa shape index (κ3) is 1.93. The quantitative estimate of drug-likeness (QED) is 0.623. The van der Waals surface area contributed by atoms with Gasteiger partial charge in [0.2, 0.25) is 0 Å². The molecule has 0 bridgehead atoms. The average Bonchev–Trinajstić information content (AvgIpc) is 1.85. The fraction of sp³-hybridized carbons (Fsp3) is 0.444. The molecule has 1 rings (SSSR count). The molecular weight excluding hydrogens is 140 g/mol. The normalized spacial score (nSPS) is 24.0. The highest BCUT2D eigenvalue weighted by Crippen LogP contribution is 2.21. The third-order valence-corrected chi connectivity index (χ3v) is 1.76. The summed E-state index contributed by atoms with van der Waals surface area (Å²) in [6.45, 7) is 3.99. The molecule has 1 aliphatic carbocycles. The second-order valence-electron chi connectivity index (χ2n) is 3.10. The van der Waals surface area contributed by atoms with Gasteiger partial charge >= 0.3 is 5.97 Å². The molecule has 0 fully saturated rings. The molecule has 0 saturated heterocycles. The zero-order chi connectivity index (χ0) is 8.43. The van der Waals surface area contributed by atoms with E-state index in [0.29, 0.717) is 11.5 Å². The third-order valence-electron chi connectivity index (χ3n) is 1.76. The molecule has 0 aromatic rings. The van der Waals surface area contributed by atoms with Crippen LogP contribution in [0.3, 0.4) is 0 Å². The fourth-order valence-corrected chi connectivity index (χ4v) is 1.38. The number of hydrogen-bond acceptors (Lipinski definition) is 1. The van der Waals surface area contributed by atoms with Gasteiger partial charge in [-0.2, -0.15) is 0 Å². The van der Waals surface area contributed by atoms with E-state index < -0.39 is 5.97 Å². The zero-order valence-electron chi connectivity index (χ0n) is 6.79. The van der Waals surface area contributed by atoms with Gasteiger partial charge in [0, 0.05) is 0 Å². The Balaban J connectivity index is 2.87. The fourth-order valence-electron chi connectivity index (χ4n) is 1.38. The van der Waals surface area contributed by atoms with E-state index in [0.717, 1.165) is 12.0 Å². The summed E-state index contributed by atoms with van der Waals surface area (Å²) in [6, 6.07) is 0. The van der Waals surface area contributed by atoms with E-state index in [9.17, 15) is 4.79 Å². The van der Waals surface area contributed by atoms with Crippen molar-refractivity contribution in [3.63, 3.8) is 0 Å². The molecule has 1 N–H and O–H groups in total. The van der Waals surface area contributed by atoms with Gasteiger partial charge in [-0.1, -0.05) is 18.6 Å². The highest BCUT2D eigenvalue weighted by Gasteiger charge is 2.12. The predicted molar refractivity (Wildman–Crippen MR) is 43.3 cm³/mol. The van der Waals surface area contributed by atoms with E-state index in [1.807, 2.05) is 13.8 Å². The molecule has 1 aliphatic rings. The monoisotopic (exact) mass is 152 g/mol. The Labute approximate surface area is 66.2 Å². The maximum Gasteiger partial charge on any atom is 0.335 e. The molecule has 0 spiro atoms. The Morgan fingerprint density at radius 3 is 2.82 bits per heavy atom. The van der Waals surface area contributed by atoms with Gasteiger partial charge in [0.1, 0.15) is 0 Å². The van der Waals surface area contributed by atoms with Crippen LogP contribution in [-0.2, 0) is 4.79 Å². The van der Waals surface area contributed by atoms with Gasteiger partial charge in [-0.15, -0.1) is 0 Å². The van der Waals surface area contributed by atoms with Crippen molar-refractivity contribution in [2.75, 3.05) is 0 Å². The summed E-state index contributed by atoms with van der Waals surface area (Å²) in [5.41, 5.74) is 1.58. The van der Waals surface area contributed by atoms with Crippen molar-refractivity contribution in [2.45, 2.75) is 20.3 Å². The first-order valence-corrected chi connectivity index (χ1v) is 3.72. The summed E-state index contributed by atoms with van der Waals surface area (Å²) >= 11 is 0. The van der Waals surface area contributed by atoms with Crippen molar-refractivity contribution in [2.24, 2.45) is 5.92 Å². The van der Waals surface area contributed by atoms with Gasteiger partial charge in [-0.05, 0) is 25.3 Å². The lowest BCUT2D eigenvalue weighted by Gasteiger charge is -2.13. The number of aliphatic carboxylic acids is 1. The summed E-state index contributed by atoms with van der Waals surface area (Å²) in [5.74, 6) is -0.456. The SMILES string of the molecule is CC1=CC(C(=O)O)=CC(C)C1. The maximum atomic E-state index is 10.5. The van der Waals surface area contributed by atoms with Crippen LogP contribution in [0.5, 0.6) is 0 Å². The summed E-state index contributed by atoms with van der Waals surface area (Å²) in [4.78, 5) is 10.5. The van der Waals surface area contributed by atoms with E-state index in [1.54, 1.807) is 12.2 Å². The van der Waals surface area contributed by atoms with Crippen LogP contribution < -0.4 is 0 Å². The average molecular weight is 152 g/mol. The maximum absolute atomic E-state index is 10.5. The first kappa shape index (κ1) is 8.05. The van der Waals surface area contributed by atoms with E-state index in [4.69, 9.17) is 5.11 Å². The van der Waals surface area contributed by atoms with Crippen molar-refractivity contribution in [1.82, 2.24) is 0 Å². The van der Waals surface area contributed by atoms with E-state index in [-0.39, 0.29) is 0 Å². The zero-order valence-corrected chi connectivity index (χ0v) is 6.79. The number of carboxylic acids is 1. The summed E-state index contributed by atoms with van der Waals surface area (Å²) < 4.78 is 0. The second kappa shape index (κ2) is 2.91. The van der Waals surface area contributed by atoms with Crippen LogP contribution >= 0.6 is 0 Å². The van der Waals surface area contributed by atoms with Crippen LogP contribution in [0.25, 0.3) is 0 Å². The number of carbonyl (C=O) groups is 1. The molecule has 0 radical (unpaired) electrons. The van der Waals surface area contributed by atoms with Crippen molar-refractivity contribution >= 4 is 5.97 Å².